The molecule has 4 nitrogen and oxygen atoms in total. The summed E-state index contributed by atoms with van der Waals surface area (Å²) >= 11 is 0. The molecule has 2 aromatic rings. The maximum Gasteiger partial charge on any atom is 0.573 e. The van der Waals surface area contributed by atoms with E-state index >= 15 is 0 Å². The molecule has 7 heteroatoms. The van der Waals surface area contributed by atoms with E-state index in [1.165, 1.54) is 31.4 Å². The molecule has 0 fully saturated rings. The van der Waals surface area contributed by atoms with E-state index in [4.69, 9.17) is 15.2 Å². The van der Waals surface area contributed by atoms with E-state index in [2.05, 4.69) is 4.74 Å². The Morgan fingerprint density at radius 1 is 1.00 bits per heavy atom. The molecule has 2 aromatic carbocycles. The number of nitrogen functional groups attached to an aromatic ring is 1. The van der Waals surface area contributed by atoms with Crippen LogP contribution in [-0.2, 0) is 11.3 Å². The van der Waals surface area contributed by atoms with Crippen molar-refractivity contribution in [2.24, 2.45) is 0 Å². The van der Waals surface area contributed by atoms with Crippen LogP contribution in [0.3, 0.4) is 0 Å². The Hall–Kier alpha value is -2.41. The van der Waals surface area contributed by atoms with Crippen molar-refractivity contribution in [3.63, 3.8) is 0 Å². The second-order valence-electron chi connectivity index (χ2n) is 4.42. The fourth-order valence-corrected chi connectivity index (χ4v) is 1.80. The average Bonchev–Trinajstić information content (AvgIpc) is 2.42. The highest BCUT2D eigenvalue weighted by Crippen LogP contribution is 2.30. The molecular formula is C15H14F3NO3. The molecule has 0 spiro atoms. The number of nitrogens with two attached hydrogens (primary N) is 1. The van der Waals surface area contributed by atoms with Gasteiger partial charge in [0.2, 0.25) is 0 Å². The lowest BCUT2D eigenvalue weighted by atomic mass is 10.2. The first kappa shape index (κ1) is 16.0. The van der Waals surface area contributed by atoms with E-state index in [1.54, 1.807) is 18.2 Å². The maximum atomic E-state index is 12.1. The van der Waals surface area contributed by atoms with Gasteiger partial charge in [0.15, 0.2) is 0 Å². The lowest BCUT2D eigenvalue weighted by Gasteiger charge is -2.12. The van der Waals surface area contributed by atoms with Gasteiger partial charge in [-0.1, -0.05) is 0 Å². The Kier molecular flexibility index (Phi) is 4.77. The third-order valence-electron chi connectivity index (χ3n) is 2.67. The van der Waals surface area contributed by atoms with Crippen molar-refractivity contribution in [2.75, 3.05) is 12.8 Å². The van der Waals surface area contributed by atoms with Gasteiger partial charge in [0.1, 0.15) is 17.2 Å². The molecule has 118 valence electrons. The van der Waals surface area contributed by atoms with Crippen molar-refractivity contribution < 1.29 is 27.4 Å². The first-order valence-electron chi connectivity index (χ1n) is 6.28. The van der Waals surface area contributed by atoms with Gasteiger partial charge in [-0.25, -0.2) is 0 Å². The van der Waals surface area contributed by atoms with Crippen molar-refractivity contribution in [2.45, 2.75) is 13.0 Å². The monoisotopic (exact) mass is 313 g/mol. The zero-order valence-electron chi connectivity index (χ0n) is 11.7. The standard InChI is InChI=1S/C15H14F3NO3/c1-20-9-10-8-11(19)2-7-14(10)21-12-3-5-13(6-4-12)22-15(16,17)18/h2-8H,9,19H2,1H3. The van der Waals surface area contributed by atoms with Gasteiger partial charge in [-0.3, -0.25) is 0 Å². The van der Waals surface area contributed by atoms with Gasteiger partial charge >= 0.3 is 6.36 Å². The Morgan fingerprint density at radius 2 is 1.64 bits per heavy atom. The third kappa shape index (κ3) is 4.56. The minimum absolute atomic E-state index is 0.301. The lowest BCUT2D eigenvalue weighted by Crippen LogP contribution is -2.16. The lowest BCUT2D eigenvalue weighted by molar-refractivity contribution is -0.274. The number of halogens is 3. The van der Waals surface area contributed by atoms with E-state index < -0.39 is 6.36 Å². The summed E-state index contributed by atoms with van der Waals surface area (Å²) in [7, 11) is 1.54. The third-order valence-corrected chi connectivity index (χ3v) is 2.67. The topological polar surface area (TPSA) is 53.7 Å². The van der Waals surface area contributed by atoms with Gasteiger partial charge in [0, 0.05) is 18.4 Å². The molecule has 0 saturated heterocycles. The molecule has 0 bridgehead atoms. The van der Waals surface area contributed by atoms with Crippen molar-refractivity contribution in [1.82, 2.24) is 0 Å². The molecule has 22 heavy (non-hydrogen) atoms. The first-order valence-corrected chi connectivity index (χ1v) is 6.28. The molecule has 0 heterocycles. The van der Waals surface area contributed by atoms with Gasteiger partial charge in [-0.2, -0.15) is 0 Å². The van der Waals surface area contributed by atoms with Crippen LogP contribution in [0.15, 0.2) is 42.5 Å². The predicted molar refractivity (Wildman–Crippen MR) is 74.8 cm³/mol. The fourth-order valence-electron chi connectivity index (χ4n) is 1.80. The molecule has 0 aliphatic rings. The summed E-state index contributed by atoms with van der Waals surface area (Å²) < 4.78 is 50.7. The molecule has 0 aliphatic heterocycles. The number of benzene rings is 2. The predicted octanol–water partition coefficient (Wildman–Crippen LogP) is 4.11. The zero-order valence-corrected chi connectivity index (χ0v) is 11.7. The summed E-state index contributed by atoms with van der Waals surface area (Å²) in [6, 6.07) is 10.2. The maximum absolute atomic E-state index is 12.1. The molecule has 0 unspecified atom stereocenters. The van der Waals surface area contributed by atoms with E-state index in [0.717, 1.165) is 5.56 Å². The number of hydrogen-bond donors (Lipinski definition) is 1. The molecule has 2 N–H and O–H groups in total. The van der Waals surface area contributed by atoms with Gasteiger partial charge in [-0.15, -0.1) is 13.2 Å². The second kappa shape index (κ2) is 6.57. The van der Waals surface area contributed by atoms with Crippen LogP contribution < -0.4 is 15.2 Å². The molecule has 0 atom stereocenters. The van der Waals surface area contributed by atoms with Crippen LogP contribution in [0.5, 0.6) is 17.2 Å². The summed E-state index contributed by atoms with van der Waals surface area (Å²) in [5, 5.41) is 0. The Labute approximate surface area is 125 Å². The van der Waals surface area contributed by atoms with Crippen LogP contribution in [0.1, 0.15) is 5.56 Å². The smallest absolute Gasteiger partial charge is 0.457 e. The molecule has 0 radical (unpaired) electrons. The van der Waals surface area contributed by atoms with Crippen LogP contribution in [-0.4, -0.2) is 13.5 Å². The number of methoxy groups -OCH3 is 1. The van der Waals surface area contributed by atoms with E-state index in [-0.39, 0.29) is 5.75 Å². The van der Waals surface area contributed by atoms with Gasteiger partial charge < -0.3 is 19.9 Å². The van der Waals surface area contributed by atoms with Gasteiger partial charge in [0.05, 0.1) is 6.61 Å². The number of anilines is 1. The molecule has 2 rings (SSSR count). The second-order valence-corrected chi connectivity index (χ2v) is 4.42. The minimum Gasteiger partial charge on any atom is -0.457 e. The zero-order chi connectivity index (χ0) is 16.2. The molecule has 0 saturated carbocycles. The molecular weight excluding hydrogens is 299 g/mol. The Bertz CT molecular complexity index is 627. The number of alkyl halides is 3. The van der Waals surface area contributed by atoms with Gasteiger partial charge in [0.25, 0.3) is 0 Å². The fraction of sp³-hybridized carbons (Fsp3) is 0.200. The van der Waals surface area contributed by atoms with Crippen LogP contribution in [0, 0.1) is 0 Å². The molecule has 0 aliphatic carbocycles. The summed E-state index contributed by atoms with van der Waals surface area (Å²) in [5.41, 5.74) is 6.99. The quantitative estimate of drug-likeness (QED) is 0.844. The largest absolute Gasteiger partial charge is 0.573 e. The van der Waals surface area contributed by atoms with Crippen molar-refractivity contribution in [1.29, 1.82) is 0 Å². The summed E-state index contributed by atoms with van der Waals surface area (Å²) in [5.74, 6) is 0.575. The summed E-state index contributed by atoms with van der Waals surface area (Å²) in [6.07, 6.45) is -4.72. The summed E-state index contributed by atoms with van der Waals surface area (Å²) in [6.45, 7) is 0.301. The van der Waals surface area contributed by atoms with Gasteiger partial charge in [-0.05, 0) is 42.5 Å². The Balaban J connectivity index is 2.14. The Morgan fingerprint density at radius 3 is 2.23 bits per heavy atom. The van der Waals surface area contributed by atoms with Crippen LogP contribution in [0.4, 0.5) is 18.9 Å². The van der Waals surface area contributed by atoms with E-state index in [1.807, 2.05) is 0 Å². The normalized spacial score (nSPS) is 11.3. The first-order chi connectivity index (χ1) is 10.4. The van der Waals surface area contributed by atoms with E-state index in [9.17, 15) is 13.2 Å². The highest BCUT2D eigenvalue weighted by Gasteiger charge is 2.30. The highest BCUT2D eigenvalue weighted by molar-refractivity contribution is 5.49. The van der Waals surface area contributed by atoms with Crippen LogP contribution in [0.2, 0.25) is 0 Å². The van der Waals surface area contributed by atoms with Crippen LogP contribution in [0.25, 0.3) is 0 Å². The van der Waals surface area contributed by atoms with Crippen molar-refractivity contribution >= 4 is 5.69 Å². The molecule has 0 amide bonds. The summed E-state index contributed by atoms with van der Waals surface area (Å²) in [4.78, 5) is 0. The average molecular weight is 313 g/mol. The SMILES string of the molecule is COCc1cc(N)ccc1Oc1ccc(OC(F)(F)F)cc1. The minimum atomic E-state index is -4.72. The number of rotatable bonds is 5. The number of hydrogen-bond acceptors (Lipinski definition) is 4. The van der Waals surface area contributed by atoms with Crippen LogP contribution >= 0.6 is 0 Å². The number of ether oxygens (including phenoxy) is 3. The van der Waals surface area contributed by atoms with Crippen molar-refractivity contribution in [3.8, 4) is 17.2 Å². The highest BCUT2D eigenvalue weighted by atomic mass is 19.4. The molecule has 0 aromatic heterocycles. The van der Waals surface area contributed by atoms with Crippen molar-refractivity contribution in [3.05, 3.63) is 48.0 Å². The van der Waals surface area contributed by atoms with E-state index in [0.29, 0.717) is 23.8 Å².